The highest BCUT2D eigenvalue weighted by atomic mass is 16.5. The Morgan fingerprint density at radius 3 is 2.40 bits per heavy atom. The first-order chi connectivity index (χ1) is 12.0. The largest absolute Gasteiger partial charge is 0.494 e. The van der Waals surface area contributed by atoms with Gasteiger partial charge in [0, 0.05) is 12.1 Å². The van der Waals surface area contributed by atoms with Gasteiger partial charge in [0.15, 0.2) is 0 Å². The van der Waals surface area contributed by atoms with Crippen molar-refractivity contribution in [1.82, 2.24) is 4.90 Å². The van der Waals surface area contributed by atoms with E-state index in [1.807, 2.05) is 62.9 Å². The number of carbonyl (C=O) groups excluding carboxylic acids is 1. The summed E-state index contributed by atoms with van der Waals surface area (Å²) >= 11 is 0. The molecule has 0 heterocycles. The molecule has 2 aromatic carbocycles. The molecule has 0 aliphatic heterocycles. The summed E-state index contributed by atoms with van der Waals surface area (Å²) in [6, 6.07) is 15.0. The highest BCUT2D eigenvalue weighted by Gasteiger charge is 2.22. The minimum Gasteiger partial charge on any atom is -0.494 e. The van der Waals surface area contributed by atoms with E-state index in [9.17, 15) is 4.79 Å². The second kappa shape index (κ2) is 8.34. The van der Waals surface area contributed by atoms with Gasteiger partial charge in [-0.15, -0.1) is 0 Å². The van der Waals surface area contributed by atoms with Gasteiger partial charge in [-0.1, -0.05) is 12.1 Å². The summed E-state index contributed by atoms with van der Waals surface area (Å²) in [6.45, 7) is 9.07. The fourth-order valence-electron chi connectivity index (χ4n) is 2.88. The first kappa shape index (κ1) is 18.5. The number of benzene rings is 2. The molecule has 0 spiro atoms. The molecular formula is C21H24N2O2. The Labute approximate surface area is 149 Å². The quantitative estimate of drug-likeness (QED) is 0.781. The van der Waals surface area contributed by atoms with Gasteiger partial charge < -0.3 is 9.64 Å². The van der Waals surface area contributed by atoms with Crippen LogP contribution in [0.4, 0.5) is 0 Å². The summed E-state index contributed by atoms with van der Waals surface area (Å²) in [5.41, 5.74) is 3.24. The van der Waals surface area contributed by atoms with Crippen molar-refractivity contribution in [2.45, 2.75) is 33.7 Å². The Hall–Kier alpha value is -2.80. The molecule has 2 rings (SSSR count). The van der Waals surface area contributed by atoms with E-state index < -0.39 is 0 Å². The Balaban J connectivity index is 2.25. The molecule has 2 aromatic rings. The maximum Gasteiger partial charge on any atom is 0.254 e. The molecule has 4 nitrogen and oxygen atoms in total. The Morgan fingerprint density at radius 1 is 1.20 bits per heavy atom. The molecule has 0 bridgehead atoms. The summed E-state index contributed by atoms with van der Waals surface area (Å²) in [4.78, 5) is 14.8. The summed E-state index contributed by atoms with van der Waals surface area (Å²) in [7, 11) is 0. The van der Waals surface area contributed by atoms with Crippen molar-refractivity contribution in [1.29, 1.82) is 5.26 Å². The highest BCUT2D eigenvalue weighted by molar-refractivity contribution is 5.94. The van der Waals surface area contributed by atoms with Crippen LogP contribution in [-0.4, -0.2) is 24.0 Å². The Kier molecular flexibility index (Phi) is 6.19. The molecule has 0 saturated carbocycles. The number of amides is 1. The topological polar surface area (TPSA) is 53.3 Å². The van der Waals surface area contributed by atoms with Crippen molar-refractivity contribution < 1.29 is 9.53 Å². The molecule has 0 radical (unpaired) electrons. The molecule has 0 aliphatic carbocycles. The second-order valence-electron chi connectivity index (χ2n) is 5.91. The average molecular weight is 336 g/mol. The number of hydrogen-bond acceptors (Lipinski definition) is 3. The zero-order valence-corrected chi connectivity index (χ0v) is 15.2. The van der Waals surface area contributed by atoms with Crippen LogP contribution in [0.1, 0.15) is 53.9 Å². The number of nitriles is 1. The summed E-state index contributed by atoms with van der Waals surface area (Å²) in [5, 5.41) is 8.92. The lowest BCUT2D eigenvalue weighted by Gasteiger charge is -2.29. The standard InChI is InChI=1S/C21H24N2O2/c1-5-23(16(4)18-9-7-17(14-22)8-10-18)21(24)19-11-12-20(25-6-2)15(3)13-19/h7-13,16H,5-6H2,1-4H3. The average Bonchev–Trinajstić information content (AvgIpc) is 2.64. The summed E-state index contributed by atoms with van der Waals surface area (Å²) < 4.78 is 5.55. The smallest absolute Gasteiger partial charge is 0.254 e. The second-order valence-corrected chi connectivity index (χ2v) is 5.91. The minimum atomic E-state index is -0.0721. The van der Waals surface area contributed by atoms with Gasteiger partial charge in [-0.2, -0.15) is 5.26 Å². The van der Waals surface area contributed by atoms with Crippen molar-refractivity contribution in [2.24, 2.45) is 0 Å². The number of nitrogens with zero attached hydrogens (tertiary/aromatic N) is 2. The van der Waals surface area contributed by atoms with E-state index in [-0.39, 0.29) is 11.9 Å². The van der Waals surface area contributed by atoms with Crippen LogP contribution < -0.4 is 4.74 Å². The number of hydrogen-bond donors (Lipinski definition) is 0. The van der Waals surface area contributed by atoms with Gasteiger partial charge in [0.1, 0.15) is 5.75 Å². The van der Waals surface area contributed by atoms with Crippen molar-refractivity contribution in [3.8, 4) is 11.8 Å². The summed E-state index contributed by atoms with van der Waals surface area (Å²) in [5.74, 6) is 0.799. The van der Waals surface area contributed by atoms with Gasteiger partial charge in [0.2, 0.25) is 0 Å². The highest BCUT2D eigenvalue weighted by Crippen LogP contribution is 2.25. The zero-order chi connectivity index (χ0) is 18.4. The van der Waals surface area contributed by atoms with Crippen LogP contribution in [-0.2, 0) is 0 Å². The number of ether oxygens (including phenoxy) is 1. The van der Waals surface area contributed by atoms with Gasteiger partial charge in [0.05, 0.1) is 24.3 Å². The van der Waals surface area contributed by atoms with Gasteiger partial charge in [-0.25, -0.2) is 0 Å². The van der Waals surface area contributed by atoms with Crippen molar-refractivity contribution >= 4 is 5.91 Å². The van der Waals surface area contributed by atoms with E-state index in [0.29, 0.717) is 24.3 Å². The number of carbonyl (C=O) groups is 1. The van der Waals surface area contributed by atoms with Crippen LogP contribution >= 0.6 is 0 Å². The molecule has 0 saturated heterocycles. The van der Waals surface area contributed by atoms with E-state index in [4.69, 9.17) is 10.00 Å². The molecule has 0 aromatic heterocycles. The maximum absolute atomic E-state index is 13.0. The lowest BCUT2D eigenvalue weighted by Crippen LogP contribution is -2.33. The van der Waals surface area contributed by atoms with Gasteiger partial charge in [-0.05, 0) is 69.2 Å². The maximum atomic E-state index is 13.0. The molecule has 1 atom stereocenters. The fourth-order valence-corrected chi connectivity index (χ4v) is 2.88. The van der Waals surface area contributed by atoms with Crippen LogP contribution in [0.2, 0.25) is 0 Å². The van der Waals surface area contributed by atoms with Crippen molar-refractivity contribution in [2.75, 3.05) is 13.2 Å². The van der Waals surface area contributed by atoms with Gasteiger partial charge in [0.25, 0.3) is 5.91 Å². The number of rotatable bonds is 6. The van der Waals surface area contributed by atoms with Crippen LogP contribution in [0.25, 0.3) is 0 Å². The van der Waals surface area contributed by atoms with Crippen LogP contribution in [0, 0.1) is 18.3 Å². The van der Waals surface area contributed by atoms with E-state index in [0.717, 1.165) is 16.9 Å². The molecular weight excluding hydrogens is 312 g/mol. The monoisotopic (exact) mass is 336 g/mol. The molecule has 0 N–H and O–H groups in total. The normalized spacial score (nSPS) is 11.5. The third kappa shape index (κ3) is 4.19. The lowest BCUT2D eigenvalue weighted by atomic mass is 10.0. The first-order valence-corrected chi connectivity index (χ1v) is 8.56. The Bertz CT molecular complexity index is 775. The molecule has 130 valence electrons. The molecule has 0 fully saturated rings. The SMILES string of the molecule is CCOc1ccc(C(=O)N(CC)C(C)c2ccc(C#N)cc2)cc1C. The third-order valence-corrected chi connectivity index (χ3v) is 4.31. The summed E-state index contributed by atoms with van der Waals surface area (Å²) in [6.07, 6.45) is 0. The van der Waals surface area contributed by atoms with E-state index >= 15 is 0 Å². The van der Waals surface area contributed by atoms with E-state index in [2.05, 4.69) is 6.07 Å². The van der Waals surface area contributed by atoms with Crippen molar-refractivity contribution in [3.63, 3.8) is 0 Å². The molecule has 1 amide bonds. The van der Waals surface area contributed by atoms with Gasteiger partial charge in [-0.3, -0.25) is 4.79 Å². The predicted molar refractivity (Wildman–Crippen MR) is 98.6 cm³/mol. The fraction of sp³-hybridized carbons (Fsp3) is 0.333. The molecule has 4 heteroatoms. The van der Waals surface area contributed by atoms with E-state index in [1.54, 1.807) is 12.1 Å². The minimum absolute atomic E-state index is 0.00879. The van der Waals surface area contributed by atoms with Gasteiger partial charge >= 0.3 is 0 Å². The molecule has 25 heavy (non-hydrogen) atoms. The third-order valence-electron chi connectivity index (χ3n) is 4.31. The van der Waals surface area contributed by atoms with Crippen LogP contribution in [0.5, 0.6) is 5.75 Å². The predicted octanol–water partition coefficient (Wildman–Crippen LogP) is 4.49. The molecule has 0 aliphatic rings. The first-order valence-electron chi connectivity index (χ1n) is 8.56. The molecule has 1 unspecified atom stereocenters. The Morgan fingerprint density at radius 2 is 1.88 bits per heavy atom. The van der Waals surface area contributed by atoms with Crippen LogP contribution in [0.15, 0.2) is 42.5 Å². The van der Waals surface area contributed by atoms with Crippen LogP contribution in [0.3, 0.4) is 0 Å². The van der Waals surface area contributed by atoms with Crippen molar-refractivity contribution in [3.05, 3.63) is 64.7 Å². The number of aryl methyl sites for hydroxylation is 1. The lowest BCUT2D eigenvalue weighted by molar-refractivity contribution is 0.0702. The van der Waals surface area contributed by atoms with E-state index in [1.165, 1.54) is 0 Å². The zero-order valence-electron chi connectivity index (χ0n) is 15.2.